The van der Waals surface area contributed by atoms with Crippen LogP contribution in [0.1, 0.15) is 5.56 Å². The van der Waals surface area contributed by atoms with Gasteiger partial charge in [-0.2, -0.15) is 13.2 Å². The average molecular weight is 331 g/mol. The lowest BCUT2D eigenvalue weighted by atomic mass is 10.2. The van der Waals surface area contributed by atoms with Crippen LogP contribution in [0.3, 0.4) is 0 Å². The molecule has 0 aliphatic rings. The van der Waals surface area contributed by atoms with Gasteiger partial charge in [0.1, 0.15) is 0 Å². The summed E-state index contributed by atoms with van der Waals surface area (Å²) in [5.41, 5.74) is -0.726. The summed E-state index contributed by atoms with van der Waals surface area (Å²) in [6.07, 6.45) is -5.25. The molecule has 17 heavy (non-hydrogen) atoms. The molecule has 1 rings (SSSR count). The van der Waals surface area contributed by atoms with Crippen LogP contribution < -0.4 is 0 Å². The van der Waals surface area contributed by atoms with E-state index < -0.39 is 17.8 Å². The zero-order valence-corrected chi connectivity index (χ0v) is 10.9. The van der Waals surface area contributed by atoms with E-state index in [2.05, 4.69) is 15.9 Å². The van der Waals surface area contributed by atoms with Crippen LogP contribution in [0.25, 0.3) is 0 Å². The van der Waals surface area contributed by atoms with Gasteiger partial charge in [0.15, 0.2) is 0 Å². The van der Waals surface area contributed by atoms with Gasteiger partial charge in [-0.25, -0.2) is 0 Å². The average Bonchev–Trinajstić information content (AvgIpc) is 2.25. The maximum atomic E-state index is 12.4. The lowest BCUT2D eigenvalue weighted by Crippen LogP contribution is -2.14. The Morgan fingerprint density at radius 1 is 1.35 bits per heavy atom. The van der Waals surface area contributed by atoms with E-state index in [0.29, 0.717) is 9.37 Å². The first-order chi connectivity index (χ1) is 7.84. The summed E-state index contributed by atoms with van der Waals surface area (Å²) >= 11 is 4.22. The summed E-state index contributed by atoms with van der Waals surface area (Å²) in [6.45, 7) is -0.370. The smallest absolute Gasteiger partial charge is 0.394 e. The minimum atomic E-state index is -4.36. The van der Waals surface area contributed by atoms with Gasteiger partial charge in [0, 0.05) is 15.1 Å². The molecule has 0 bridgehead atoms. The van der Waals surface area contributed by atoms with E-state index in [9.17, 15) is 13.2 Å². The molecule has 1 atom stereocenters. The molecule has 0 saturated heterocycles. The second-order valence-corrected chi connectivity index (χ2v) is 5.21. The summed E-state index contributed by atoms with van der Waals surface area (Å²) in [7, 11) is 0. The van der Waals surface area contributed by atoms with Crippen molar-refractivity contribution in [2.24, 2.45) is 0 Å². The fraction of sp³-hybridized carbons (Fsp3) is 0.400. The van der Waals surface area contributed by atoms with Gasteiger partial charge in [0.2, 0.25) is 0 Å². The van der Waals surface area contributed by atoms with Crippen LogP contribution in [-0.2, 0) is 6.18 Å². The molecule has 0 saturated carbocycles. The van der Waals surface area contributed by atoms with Crippen LogP contribution in [0.2, 0.25) is 0 Å². The van der Waals surface area contributed by atoms with E-state index in [1.807, 2.05) is 0 Å². The van der Waals surface area contributed by atoms with Crippen LogP contribution in [-0.4, -0.2) is 28.7 Å². The van der Waals surface area contributed by atoms with E-state index in [0.717, 1.165) is 12.1 Å². The Balaban J connectivity index is 2.77. The van der Waals surface area contributed by atoms with Crippen LogP contribution >= 0.6 is 27.7 Å². The van der Waals surface area contributed by atoms with Gasteiger partial charge in [-0.05, 0) is 34.1 Å². The third kappa shape index (κ3) is 4.50. The molecule has 2 nitrogen and oxygen atoms in total. The van der Waals surface area contributed by atoms with Crippen molar-refractivity contribution in [1.29, 1.82) is 0 Å². The van der Waals surface area contributed by atoms with Crippen molar-refractivity contribution in [2.45, 2.75) is 17.2 Å². The van der Waals surface area contributed by atoms with Gasteiger partial charge in [0.05, 0.1) is 18.3 Å². The lowest BCUT2D eigenvalue weighted by molar-refractivity contribution is -0.137. The highest BCUT2D eigenvalue weighted by molar-refractivity contribution is 9.10. The molecule has 0 amide bonds. The SMILES string of the molecule is OCC(O)CSc1ccc(C(F)(F)F)cc1Br. The number of aliphatic hydroxyl groups is 2. The molecule has 0 fully saturated rings. The highest BCUT2D eigenvalue weighted by Crippen LogP contribution is 2.35. The first-order valence-electron chi connectivity index (χ1n) is 4.63. The first-order valence-corrected chi connectivity index (χ1v) is 6.41. The molecule has 2 N–H and O–H groups in total. The van der Waals surface area contributed by atoms with E-state index in [1.165, 1.54) is 17.8 Å². The predicted octanol–water partition coefficient (Wildman–Crippen LogP) is 2.91. The number of rotatable bonds is 4. The van der Waals surface area contributed by atoms with Gasteiger partial charge in [-0.3, -0.25) is 0 Å². The summed E-state index contributed by atoms with van der Waals surface area (Å²) in [6, 6.07) is 3.31. The largest absolute Gasteiger partial charge is 0.416 e. The molecule has 0 heterocycles. The molecule has 0 radical (unpaired) electrons. The number of benzene rings is 1. The lowest BCUT2D eigenvalue weighted by Gasteiger charge is -2.11. The van der Waals surface area contributed by atoms with Gasteiger partial charge in [-0.1, -0.05) is 0 Å². The maximum absolute atomic E-state index is 12.4. The molecular formula is C10H10BrF3O2S. The normalized spacial score (nSPS) is 13.8. The van der Waals surface area contributed by atoms with Crippen molar-refractivity contribution in [3.63, 3.8) is 0 Å². The number of alkyl halides is 3. The van der Waals surface area contributed by atoms with Crippen molar-refractivity contribution in [3.8, 4) is 0 Å². The number of aliphatic hydroxyl groups excluding tert-OH is 2. The Hall–Kier alpha value is -0.240. The summed E-state index contributed by atoms with van der Waals surface area (Å²) in [5.74, 6) is 0.223. The number of hydrogen-bond acceptors (Lipinski definition) is 3. The van der Waals surface area contributed by atoms with Crippen molar-refractivity contribution < 1.29 is 23.4 Å². The van der Waals surface area contributed by atoms with Crippen LogP contribution in [0, 0.1) is 0 Å². The predicted molar refractivity (Wildman–Crippen MR) is 63.0 cm³/mol. The summed E-state index contributed by atoms with van der Waals surface area (Å²) in [5, 5.41) is 17.7. The summed E-state index contributed by atoms with van der Waals surface area (Å²) in [4.78, 5) is 0.588. The van der Waals surface area contributed by atoms with E-state index in [4.69, 9.17) is 10.2 Å². The molecule has 7 heteroatoms. The molecular weight excluding hydrogens is 321 g/mol. The van der Waals surface area contributed by atoms with Crippen LogP contribution in [0.5, 0.6) is 0 Å². The minimum Gasteiger partial charge on any atom is -0.394 e. The Labute approximate surface area is 109 Å². The zero-order valence-electron chi connectivity index (χ0n) is 8.54. The molecule has 1 aromatic rings. The molecule has 0 aliphatic carbocycles. The Kier molecular flexibility index (Phi) is 5.30. The fourth-order valence-corrected chi connectivity index (χ4v) is 2.59. The number of halogens is 4. The Bertz CT molecular complexity index is 384. The van der Waals surface area contributed by atoms with Gasteiger partial charge < -0.3 is 10.2 Å². The van der Waals surface area contributed by atoms with Crippen LogP contribution in [0.4, 0.5) is 13.2 Å². The molecule has 0 aromatic heterocycles. The monoisotopic (exact) mass is 330 g/mol. The Morgan fingerprint density at radius 2 is 2.00 bits per heavy atom. The first kappa shape index (κ1) is 14.8. The van der Waals surface area contributed by atoms with Crippen molar-refractivity contribution in [2.75, 3.05) is 12.4 Å². The molecule has 0 aliphatic heterocycles. The molecule has 1 unspecified atom stereocenters. The molecule has 0 spiro atoms. The second kappa shape index (κ2) is 6.08. The minimum absolute atomic E-state index is 0.223. The highest BCUT2D eigenvalue weighted by Gasteiger charge is 2.30. The van der Waals surface area contributed by atoms with Crippen LogP contribution in [0.15, 0.2) is 27.6 Å². The highest BCUT2D eigenvalue weighted by atomic mass is 79.9. The topological polar surface area (TPSA) is 40.5 Å². The van der Waals surface area contributed by atoms with Gasteiger partial charge in [-0.15, -0.1) is 11.8 Å². The van der Waals surface area contributed by atoms with E-state index in [-0.39, 0.29) is 12.4 Å². The van der Waals surface area contributed by atoms with Crippen molar-refractivity contribution in [1.82, 2.24) is 0 Å². The standard InChI is InChI=1S/C10H10BrF3O2S/c11-8-3-6(10(12,13)14)1-2-9(8)17-5-7(16)4-15/h1-3,7,15-16H,4-5H2. The molecule has 1 aromatic carbocycles. The quantitative estimate of drug-likeness (QED) is 0.834. The summed E-state index contributed by atoms with van der Waals surface area (Å²) < 4.78 is 37.4. The van der Waals surface area contributed by atoms with Gasteiger partial charge in [0.25, 0.3) is 0 Å². The maximum Gasteiger partial charge on any atom is 0.416 e. The van der Waals surface area contributed by atoms with E-state index in [1.54, 1.807) is 0 Å². The third-order valence-electron chi connectivity index (χ3n) is 1.90. The third-order valence-corrected chi connectivity index (χ3v) is 4.04. The van der Waals surface area contributed by atoms with E-state index >= 15 is 0 Å². The Morgan fingerprint density at radius 3 is 2.47 bits per heavy atom. The number of thioether (sulfide) groups is 1. The second-order valence-electron chi connectivity index (χ2n) is 3.29. The zero-order chi connectivity index (χ0) is 13.1. The number of hydrogen-bond donors (Lipinski definition) is 2. The fourth-order valence-electron chi connectivity index (χ4n) is 1.03. The van der Waals surface area contributed by atoms with Crippen molar-refractivity contribution in [3.05, 3.63) is 28.2 Å². The van der Waals surface area contributed by atoms with Gasteiger partial charge >= 0.3 is 6.18 Å². The molecule has 96 valence electrons. The van der Waals surface area contributed by atoms with Crippen molar-refractivity contribution >= 4 is 27.7 Å².